The van der Waals surface area contributed by atoms with Crippen LogP contribution < -0.4 is 18.9 Å². The molecule has 2 aromatic heterocycles. The van der Waals surface area contributed by atoms with E-state index in [0.29, 0.717) is 58.6 Å². The van der Waals surface area contributed by atoms with Gasteiger partial charge in [0, 0.05) is 18.4 Å². The fourth-order valence-electron chi connectivity index (χ4n) is 5.78. The van der Waals surface area contributed by atoms with Gasteiger partial charge in [0.2, 0.25) is 5.88 Å². The first-order valence-corrected chi connectivity index (χ1v) is 13.3. The molecule has 0 saturated carbocycles. The highest BCUT2D eigenvalue weighted by atomic mass is 16.5. The summed E-state index contributed by atoms with van der Waals surface area (Å²) in [5.74, 6) is 3.16. The van der Waals surface area contributed by atoms with E-state index in [1.54, 1.807) is 25.1 Å². The molecular formula is C31H32N4O5. The van der Waals surface area contributed by atoms with Gasteiger partial charge in [-0.2, -0.15) is 0 Å². The number of fused-ring (bicyclic) bond motifs is 3. The maximum absolute atomic E-state index is 13.7. The van der Waals surface area contributed by atoms with Gasteiger partial charge in [-0.05, 0) is 48.1 Å². The van der Waals surface area contributed by atoms with Crippen LogP contribution in [0.3, 0.4) is 0 Å². The van der Waals surface area contributed by atoms with Gasteiger partial charge in [0.05, 0.1) is 25.7 Å². The molecule has 0 fully saturated rings. The van der Waals surface area contributed by atoms with Gasteiger partial charge in [0.15, 0.2) is 28.8 Å². The van der Waals surface area contributed by atoms with Crippen LogP contribution in [0.4, 0.5) is 0 Å². The molecule has 9 nitrogen and oxygen atoms in total. The van der Waals surface area contributed by atoms with Crippen molar-refractivity contribution in [2.45, 2.75) is 53.1 Å². The first-order chi connectivity index (χ1) is 19.2. The molecule has 2 aliphatic rings. The third kappa shape index (κ3) is 4.35. The highest BCUT2D eigenvalue weighted by Crippen LogP contribution is 2.51. The van der Waals surface area contributed by atoms with Gasteiger partial charge < -0.3 is 18.9 Å². The van der Waals surface area contributed by atoms with Crippen LogP contribution in [0.1, 0.15) is 60.7 Å². The zero-order valence-electron chi connectivity index (χ0n) is 23.6. The molecule has 0 spiro atoms. The fourth-order valence-corrected chi connectivity index (χ4v) is 5.78. The molecule has 40 heavy (non-hydrogen) atoms. The Morgan fingerprint density at radius 1 is 1.05 bits per heavy atom. The van der Waals surface area contributed by atoms with Gasteiger partial charge in [-0.1, -0.05) is 38.1 Å². The molecule has 0 saturated heterocycles. The van der Waals surface area contributed by atoms with Gasteiger partial charge in [0.25, 0.3) is 0 Å². The molecule has 2 aromatic carbocycles. The standard InChI is InChI=1S/C31H32N4O5/c1-17-8-7-9-18(2)28(17)39-15-24-33-29-27-25(19-10-11-21(37-5)22(12-19)38-6)26-20(36)13-31(3,4)14-23(26)40-30(27)32-16-35(29)34-24/h7-12,16,25H,13-15H2,1-6H3/t25-/m1/s1. The molecule has 1 atom stereocenters. The summed E-state index contributed by atoms with van der Waals surface area (Å²) >= 11 is 0. The summed E-state index contributed by atoms with van der Waals surface area (Å²) in [6.07, 6.45) is 2.65. The summed E-state index contributed by atoms with van der Waals surface area (Å²) in [7, 11) is 3.19. The van der Waals surface area contributed by atoms with Crippen molar-refractivity contribution in [3.8, 4) is 23.1 Å². The van der Waals surface area contributed by atoms with E-state index in [1.807, 2.05) is 50.2 Å². The van der Waals surface area contributed by atoms with Gasteiger partial charge in [-0.3, -0.25) is 4.79 Å². The van der Waals surface area contributed by atoms with Crippen LogP contribution >= 0.6 is 0 Å². The van der Waals surface area contributed by atoms with E-state index in [4.69, 9.17) is 23.9 Å². The molecule has 1 aliphatic carbocycles. The lowest BCUT2D eigenvalue weighted by atomic mass is 9.70. The van der Waals surface area contributed by atoms with E-state index < -0.39 is 5.92 Å². The smallest absolute Gasteiger partial charge is 0.228 e. The van der Waals surface area contributed by atoms with Crippen molar-refractivity contribution < 1.29 is 23.7 Å². The number of hydrogen-bond donors (Lipinski definition) is 0. The molecular weight excluding hydrogens is 508 g/mol. The molecule has 0 N–H and O–H groups in total. The number of benzene rings is 2. The Bertz CT molecular complexity index is 1670. The van der Waals surface area contributed by atoms with Crippen LogP contribution in [-0.4, -0.2) is 39.6 Å². The second-order valence-corrected chi connectivity index (χ2v) is 11.2. The molecule has 9 heteroatoms. The Labute approximate surface area is 232 Å². The third-order valence-corrected chi connectivity index (χ3v) is 7.60. The van der Waals surface area contributed by atoms with Gasteiger partial charge in [0.1, 0.15) is 24.4 Å². The van der Waals surface area contributed by atoms with Crippen LogP contribution in [0.5, 0.6) is 23.1 Å². The van der Waals surface area contributed by atoms with E-state index in [0.717, 1.165) is 22.4 Å². The molecule has 0 unspecified atom stereocenters. The highest BCUT2D eigenvalue weighted by molar-refractivity contribution is 6.00. The van der Waals surface area contributed by atoms with Crippen molar-refractivity contribution in [3.63, 3.8) is 0 Å². The lowest BCUT2D eigenvalue weighted by Gasteiger charge is -2.37. The van der Waals surface area contributed by atoms with E-state index in [2.05, 4.69) is 23.9 Å². The molecule has 0 bridgehead atoms. The zero-order valence-corrected chi connectivity index (χ0v) is 23.6. The normalized spacial score (nSPS) is 17.8. The summed E-state index contributed by atoms with van der Waals surface area (Å²) in [6, 6.07) is 11.7. The van der Waals surface area contributed by atoms with Crippen molar-refractivity contribution in [2.75, 3.05) is 14.2 Å². The predicted octanol–water partition coefficient (Wildman–Crippen LogP) is 5.50. The molecule has 0 radical (unpaired) electrons. The minimum absolute atomic E-state index is 0.0526. The summed E-state index contributed by atoms with van der Waals surface area (Å²) in [4.78, 5) is 23.2. The van der Waals surface area contributed by atoms with Gasteiger partial charge in [-0.15, -0.1) is 5.10 Å². The van der Waals surface area contributed by atoms with E-state index in [-0.39, 0.29) is 17.8 Å². The number of carbonyl (C=O) groups is 1. The Morgan fingerprint density at radius 2 is 1.80 bits per heavy atom. The number of ketones is 1. The first-order valence-electron chi connectivity index (χ1n) is 13.3. The Hall–Kier alpha value is -4.40. The van der Waals surface area contributed by atoms with Crippen LogP contribution in [0.2, 0.25) is 0 Å². The maximum Gasteiger partial charge on any atom is 0.228 e. The molecule has 1 aliphatic heterocycles. The minimum Gasteiger partial charge on any atom is -0.493 e. The number of aryl methyl sites for hydroxylation is 2. The quantitative estimate of drug-likeness (QED) is 0.316. The number of hydrogen-bond acceptors (Lipinski definition) is 8. The van der Waals surface area contributed by atoms with Crippen molar-refractivity contribution in [1.29, 1.82) is 0 Å². The zero-order chi connectivity index (χ0) is 28.2. The van der Waals surface area contributed by atoms with E-state index >= 15 is 0 Å². The van der Waals surface area contributed by atoms with E-state index in [1.165, 1.54) is 0 Å². The second-order valence-electron chi connectivity index (χ2n) is 11.2. The summed E-state index contributed by atoms with van der Waals surface area (Å²) in [6.45, 7) is 8.37. The highest BCUT2D eigenvalue weighted by Gasteiger charge is 2.44. The van der Waals surface area contributed by atoms with Crippen molar-refractivity contribution in [1.82, 2.24) is 19.6 Å². The number of carbonyl (C=O) groups excluding carboxylic acids is 1. The molecule has 0 amide bonds. The number of allylic oxidation sites excluding steroid dienone is 2. The predicted molar refractivity (Wildman–Crippen MR) is 148 cm³/mol. The Kier molecular flexibility index (Phi) is 6.24. The van der Waals surface area contributed by atoms with Crippen LogP contribution in [-0.2, 0) is 11.4 Å². The first kappa shape index (κ1) is 25.9. The largest absolute Gasteiger partial charge is 0.493 e. The summed E-state index contributed by atoms with van der Waals surface area (Å²) in [5, 5.41) is 4.65. The number of aromatic nitrogens is 4. The topological polar surface area (TPSA) is 97.1 Å². The lowest BCUT2D eigenvalue weighted by molar-refractivity contribution is -0.118. The average Bonchev–Trinajstić information content (AvgIpc) is 3.34. The minimum atomic E-state index is -0.463. The molecule has 4 aromatic rings. The van der Waals surface area contributed by atoms with Crippen LogP contribution in [0.15, 0.2) is 54.1 Å². The molecule has 206 valence electrons. The van der Waals surface area contributed by atoms with Crippen molar-refractivity contribution in [3.05, 3.63) is 82.1 Å². The van der Waals surface area contributed by atoms with Crippen LogP contribution in [0.25, 0.3) is 5.65 Å². The van der Waals surface area contributed by atoms with Gasteiger partial charge in [-0.25, -0.2) is 14.5 Å². The van der Waals surface area contributed by atoms with Gasteiger partial charge >= 0.3 is 0 Å². The average molecular weight is 541 g/mol. The summed E-state index contributed by atoms with van der Waals surface area (Å²) in [5.41, 5.74) is 4.61. The number of methoxy groups -OCH3 is 2. The number of ether oxygens (including phenoxy) is 4. The number of rotatable bonds is 6. The third-order valence-electron chi connectivity index (χ3n) is 7.60. The fraction of sp³-hybridized carbons (Fsp3) is 0.355. The Morgan fingerprint density at radius 3 is 2.52 bits per heavy atom. The maximum atomic E-state index is 13.7. The second kappa shape index (κ2) is 9.66. The Balaban J connectivity index is 1.49. The number of nitrogens with zero attached hydrogens (tertiary/aromatic N) is 4. The van der Waals surface area contributed by atoms with Crippen LogP contribution in [0, 0.1) is 19.3 Å². The van der Waals surface area contributed by atoms with Crippen molar-refractivity contribution >= 4 is 11.4 Å². The lowest BCUT2D eigenvalue weighted by Crippen LogP contribution is -2.33. The van der Waals surface area contributed by atoms with E-state index in [9.17, 15) is 4.79 Å². The SMILES string of the molecule is COc1ccc([C@@H]2C3=C(CC(C)(C)CC3=O)Oc3ncn4nc(COc5c(C)cccc5C)nc4c32)cc1OC. The van der Waals surface area contributed by atoms with Crippen molar-refractivity contribution in [2.24, 2.45) is 5.41 Å². The monoisotopic (exact) mass is 540 g/mol. The number of Topliss-reactive ketones (excluding diaryl/α,β-unsaturated/α-hetero) is 1. The molecule has 6 rings (SSSR count). The summed E-state index contributed by atoms with van der Waals surface area (Å²) < 4.78 is 25.2. The number of para-hydroxylation sites is 1. The molecule has 3 heterocycles.